The molecule has 3 unspecified atom stereocenters. The van der Waals surface area contributed by atoms with Gasteiger partial charge in [0.2, 0.25) is 5.91 Å². The first kappa shape index (κ1) is 31.1. The second-order valence-corrected chi connectivity index (χ2v) is 8.99. The van der Waals surface area contributed by atoms with E-state index in [1.807, 2.05) is 18.7 Å². The van der Waals surface area contributed by atoms with Gasteiger partial charge in [0.15, 0.2) is 11.9 Å². The molecule has 3 atom stereocenters. The number of aliphatic hydroxyl groups is 1. The van der Waals surface area contributed by atoms with Crippen molar-refractivity contribution in [2.24, 2.45) is 5.92 Å². The first-order chi connectivity index (χ1) is 17.0. The maximum absolute atomic E-state index is 13.0. The Morgan fingerprint density at radius 2 is 1.67 bits per heavy atom. The van der Waals surface area contributed by atoms with E-state index in [1.54, 1.807) is 39.0 Å². The lowest BCUT2D eigenvalue weighted by atomic mass is 10.00. The van der Waals surface area contributed by atoms with E-state index in [1.165, 1.54) is 7.11 Å². The van der Waals surface area contributed by atoms with Gasteiger partial charge in [0.05, 0.1) is 26.1 Å². The van der Waals surface area contributed by atoms with Crippen LogP contribution in [0.1, 0.15) is 64.2 Å². The zero-order valence-corrected chi connectivity index (χ0v) is 22.2. The van der Waals surface area contributed by atoms with Crippen LogP contribution in [0.2, 0.25) is 0 Å². The molecule has 0 spiro atoms. The van der Waals surface area contributed by atoms with Crippen molar-refractivity contribution in [3.05, 3.63) is 29.3 Å². The van der Waals surface area contributed by atoms with E-state index in [-0.39, 0.29) is 12.1 Å². The van der Waals surface area contributed by atoms with Crippen LogP contribution in [0.5, 0.6) is 5.75 Å². The van der Waals surface area contributed by atoms with Crippen LogP contribution in [0, 0.1) is 12.8 Å². The van der Waals surface area contributed by atoms with Gasteiger partial charge in [-0.1, -0.05) is 39.3 Å². The van der Waals surface area contributed by atoms with Crippen LogP contribution in [0.4, 0.5) is 0 Å². The summed E-state index contributed by atoms with van der Waals surface area (Å²) in [6.45, 7) is 10.8. The molecule has 2 rings (SSSR count). The maximum atomic E-state index is 13.0. The summed E-state index contributed by atoms with van der Waals surface area (Å²) in [5.74, 6) is -3.17. The summed E-state index contributed by atoms with van der Waals surface area (Å²) < 4.78 is 5.23. The fourth-order valence-corrected chi connectivity index (χ4v) is 3.93. The normalized spacial score (nSPS) is 15.8. The molecular formula is C26H41N3O7. The Morgan fingerprint density at radius 1 is 1.06 bits per heavy atom. The van der Waals surface area contributed by atoms with Crippen molar-refractivity contribution in [1.29, 1.82) is 0 Å². The number of carboxylic acids is 1. The number of nitrogens with zero attached hydrogens (tertiary/aromatic N) is 1. The SMILES string of the molecule is CC.COc1ccc(C)cc1C(O)C(=O)NC(C(=O)NC(CC(=O)O)C(=O)CN1CCCC1)C(C)C. The molecule has 4 N–H and O–H groups in total. The third-order valence-corrected chi connectivity index (χ3v) is 5.84. The van der Waals surface area contributed by atoms with Crippen LogP contribution in [0.3, 0.4) is 0 Å². The summed E-state index contributed by atoms with van der Waals surface area (Å²) in [5, 5.41) is 24.9. The highest BCUT2D eigenvalue weighted by Crippen LogP contribution is 2.26. The van der Waals surface area contributed by atoms with Gasteiger partial charge in [-0.15, -0.1) is 0 Å². The van der Waals surface area contributed by atoms with E-state index in [0.29, 0.717) is 5.75 Å². The van der Waals surface area contributed by atoms with E-state index in [0.717, 1.165) is 31.5 Å². The quantitative estimate of drug-likeness (QED) is 0.335. The second-order valence-electron chi connectivity index (χ2n) is 8.99. The standard InChI is InChI=1S/C24H35N3O7.C2H6/c1-14(2)21(26-24(33)22(31)16-11-15(3)7-8-19(16)34-4)23(32)25-17(12-20(29)30)18(28)13-27-9-5-6-10-27;1-2/h7-8,11,14,17,21-22,31H,5-6,9-10,12-13H2,1-4H3,(H,25,32)(H,26,33)(H,29,30);1-2H3. The molecule has 0 saturated carbocycles. The lowest BCUT2D eigenvalue weighted by Gasteiger charge is -2.26. The molecule has 0 aliphatic carbocycles. The fraction of sp³-hybridized carbons (Fsp3) is 0.615. The van der Waals surface area contributed by atoms with Crippen molar-refractivity contribution in [2.45, 2.75) is 72.1 Å². The van der Waals surface area contributed by atoms with Gasteiger partial charge >= 0.3 is 5.97 Å². The predicted octanol–water partition coefficient (Wildman–Crippen LogP) is 1.83. The predicted molar refractivity (Wildman–Crippen MR) is 136 cm³/mol. The Balaban J connectivity index is 0.00000316. The van der Waals surface area contributed by atoms with Crippen LogP contribution < -0.4 is 15.4 Å². The van der Waals surface area contributed by atoms with Crippen LogP contribution in [0.25, 0.3) is 0 Å². The molecule has 1 aliphatic heterocycles. The van der Waals surface area contributed by atoms with Gasteiger partial charge < -0.3 is 25.6 Å². The molecule has 0 bridgehead atoms. The van der Waals surface area contributed by atoms with E-state index in [4.69, 9.17) is 4.74 Å². The molecule has 10 heteroatoms. The molecule has 0 aromatic heterocycles. The van der Waals surface area contributed by atoms with Crippen molar-refractivity contribution < 1.29 is 34.1 Å². The van der Waals surface area contributed by atoms with E-state index >= 15 is 0 Å². The number of likely N-dealkylation sites (tertiary alicyclic amines) is 1. The molecule has 1 fully saturated rings. The van der Waals surface area contributed by atoms with E-state index in [2.05, 4.69) is 10.6 Å². The molecular weight excluding hydrogens is 466 g/mol. The van der Waals surface area contributed by atoms with Gasteiger partial charge in [-0.2, -0.15) is 0 Å². The average molecular weight is 508 g/mol. The van der Waals surface area contributed by atoms with Gasteiger partial charge in [-0.25, -0.2) is 0 Å². The first-order valence-electron chi connectivity index (χ1n) is 12.4. The number of aliphatic hydroxyl groups excluding tert-OH is 1. The Kier molecular flexibility index (Phi) is 13.1. The number of hydrogen-bond acceptors (Lipinski definition) is 7. The van der Waals surface area contributed by atoms with Gasteiger partial charge in [0.25, 0.3) is 5.91 Å². The highest BCUT2D eigenvalue weighted by Gasteiger charge is 2.33. The number of aryl methyl sites for hydroxylation is 1. The topological polar surface area (TPSA) is 145 Å². The molecule has 36 heavy (non-hydrogen) atoms. The second kappa shape index (κ2) is 15.2. The highest BCUT2D eigenvalue weighted by atomic mass is 16.5. The number of nitrogens with one attached hydrogen (secondary N) is 2. The Bertz CT molecular complexity index is 898. The highest BCUT2D eigenvalue weighted by molar-refractivity contribution is 5.96. The first-order valence-corrected chi connectivity index (χ1v) is 12.4. The lowest BCUT2D eigenvalue weighted by molar-refractivity contribution is -0.141. The third-order valence-electron chi connectivity index (χ3n) is 5.84. The summed E-state index contributed by atoms with van der Waals surface area (Å²) in [5.41, 5.74) is 1.07. The summed E-state index contributed by atoms with van der Waals surface area (Å²) in [4.78, 5) is 51.8. The minimum atomic E-state index is -1.59. The Labute approximate surface area is 213 Å². The number of Topliss-reactive ketones (excluding diaryl/α,β-unsaturated/α-hetero) is 1. The lowest BCUT2D eigenvalue weighted by Crippen LogP contribution is -2.55. The summed E-state index contributed by atoms with van der Waals surface area (Å²) in [6.07, 6.45) is -0.201. The van der Waals surface area contributed by atoms with E-state index < -0.39 is 54.1 Å². The number of ketones is 1. The summed E-state index contributed by atoms with van der Waals surface area (Å²) in [7, 11) is 1.42. The number of carbonyl (C=O) groups excluding carboxylic acids is 3. The van der Waals surface area contributed by atoms with Crippen molar-refractivity contribution in [2.75, 3.05) is 26.7 Å². The number of aliphatic carboxylic acids is 1. The van der Waals surface area contributed by atoms with Gasteiger partial charge in [-0.3, -0.25) is 24.1 Å². The zero-order chi connectivity index (χ0) is 27.4. The number of hydrogen-bond donors (Lipinski definition) is 4. The van der Waals surface area contributed by atoms with Gasteiger partial charge in [0.1, 0.15) is 11.8 Å². The molecule has 202 valence electrons. The monoisotopic (exact) mass is 507 g/mol. The van der Waals surface area contributed by atoms with Crippen LogP contribution >= 0.6 is 0 Å². The van der Waals surface area contributed by atoms with Gasteiger partial charge in [0, 0.05) is 5.56 Å². The molecule has 1 aliphatic rings. The van der Waals surface area contributed by atoms with Crippen molar-refractivity contribution in [3.8, 4) is 5.75 Å². The minimum Gasteiger partial charge on any atom is -0.496 e. The number of benzene rings is 1. The van der Waals surface area contributed by atoms with Gasteiger partial charge in [-0.05, 0) is 50.9 Å². The Hall–Kier alpha value is -2.98. The number of rotatable bonds is 12. The van der Waals surface area contributed by atoms with Crippen LogP contribution in [-0.4, -0.2) is 77.5 Å². The van der Waals surface area contributed by atoms with Crippen LogP contribution in [0.15, 0.2) is 18.2 Å². The molecule has 10 nitrogen and oxygen atoms in total. The van der Waals surface area contributed by atoms with Crippen LogP contribution in [-0.2, 0) is 19.2 Å². The van der Waals surface area contributed by atoms with Crippen molar-refractivity contribution in [3.63, 3.8) is 0 Å². The number of carboxylic acid groups (broad SMARTS) is 1. The average Bonchev–Trinajstić information content (AvgIpc) is 3.35. The number of methoxy groups -OCH3 is 1. The smallest absolute Gasteiger partial charge is 0.305 e. The van der Waals surface area contributed by atoms with E-state index in [9.17, 15) is 29.4 Å². The Morgan fingerprint density at radius 3 is 2.19 bits per heavy atom. The van der Waals surface area contributed by atoms with Crippen molar-refractivity contribution in [1.82, 2.24) is 15.5 Å². The maximum Gasteiger partial charge on any atom is 0.305 e. The summed E-state index contributed by atoms with van der Waals surface area (Å²) >= 11 is 0. The minimum absolute atomic E-state index is 0.0583. The number of amides is 2. The van der Waals surface area contributed by atoms with Crippen molar-refractivity contribution >= 4 is 23.6 Å². The molecule has 0 radical (unpaired) electrons. The molecule has 1 saturated heterocycles. The molecule has 1 heterocycles. The molecule has 1 aromatic rings. The third kappa shape index (κ3) is 9.23. The molecule has 2 amide bonds. The molecule has 1 aromatic carbocycles. The fourth-order valence-electron chi connectivity index (χ4n) is 3.93. The number of carbonyl (C=O) groups is 4. The summed E-state index contributed by atoms with van der Waals surface area (Å²) in [6, 6.07) is 2.72. The largest absolute Gasteiger partial charge is 0.496 e. The zero-order valence-electron chi connectivity index (χ0n) is 22.2. The number of ether oxygens (including phenoxy) is 1.